The van der Waals surface area contributed by atoms with Crippen LogP contribution < -0.4 is 4.74 Å². The summed E-state index contributed by atoms with van der Waals surface area (Å²) in [4.78, 5) is 0. The number of hydrogen-bond donors (Lipinski definition) is 0. The van der Waals surface area contributed by atoms with Crippen LogP contribution in [0.3, 0.4) is 0 Å². The Morgan fingerprint density at radius 3 is 2.35 bits per heavy atom. The Labute approximate surface area is 137 Å². The fourth-order valence-electron chi connectivity index (χ4n) is 2.37. The first-order valence-corrected chi connectivity index (χ1v) is 7.76. The molecule has 1 unspecified atom stereocenters. The molecule has 2 rings (SSSR count). The van der Waals surface area contributed by atoms with Crippen molar-refractivity contribution in [3.8, 4) is 17.9 Å². The third-order valence-corrected chi connectivity index (χ3v) is 3.80. The predicted molar refractivity (Wildman–Crippen MR) is 90.2 cm³/mol. The number of benzene rings is 2. The van der Waals surface area contributed by atoms with Crippen molar-refractivity contribution in [2.75, 3.05) is 6.61 Å². The van der Waals surface area contributed by atoms with E-state index in [2.05, 4.69) is 38.1 Å². The van der Waals surface area contributed by atoms with Crippen LogP contribution in [0.25, 0.3) is 0 Å². The SMILES string of the molecule is CC(C)c1ccc(OCCC(C#N)c2cccc(C#N)c2)cc1. The second-order valence-electron chi connectivity index (χ2n) is 5.78. The molecule has 2 aromatic carbocycles. The molecule has 116 valence electrons. The highest BCUT2D eigenvalue weighted by Crippen LogP contribution is 2.22. The molecule has 0 N–H and O–H groups in total. The maximum Gasteiger partial charge on any atom is 0.119 e. The molecule has 0 aromatic heterocycles. The second kappa shape index (κ2) is 8.01. The summed E-state index contributed by atoms with van der Waals surface area (Å²) in [6.07, 6.45) is 0.595. The van der Waals surface area contributed by atoms with Gasteiger partial charge in [-0.05, 0) is 41.3 Å². The minimum absolute atomic E-state index is 0.266. The van der Waals surface area contributed by atoms with Gasteiger partial charge in [-0.1, -0.05) is 38.1 Å². The summed E-state index contributed by atoms with van der Waals surface area (Å²) < 4.78 is 5.73. The van der Waals surface area contributed by atoms with Gasteiger partial charge in [-0.25, -0.2) is 0 Å². The van der Waals surface area contributed by atoms with Gasteiger partial charge in [0.1, 0.15) is 5.75 Å². The quantitative estimate of drug-likeness (QED) is 0.773. The van der Waals surface area contributed by atoms with Gasteiger partial charge in [0.2, 0.25) is 0 Å². The molecule has 0 fully saturated rings. The fraction of sp³-hybridized carbons (Fsp3) is 0.300. The molecule has 0 heterocycles. The average Bonchev–Trinajstić information content (AvgIpc) is 2.59. The van der Waals surface area contributed by atoms with Gasteiger partial charge >= 0.3 is 0 Å². The van der Waals surface area contributed by atoms with Crippen molar-refractivity contribution >= 4 is 0 Å². The monoisotopic (exact) mass is 304 g/mol. The second-order valence-corrected chi connectivity index (χ2v) is 5.78. The van der Waals surface area contributed by atoms with Crippen LogP contribution in [0.4, 0.5) is 0 Å². The summed E-state index contributed by atoms with van der Waals surface area (Å²) in [5, 5.41) is 18.3. The van der Waals surface area contributed by atoms with Crippen LogP contribution in [0, 0.1) is 22.7 Å². The maximum atomic E-state index is 9.35. The number of hydrogen-bond acceptors (Lipinski definition) is 3. The topological polar surface area (TPSA) is 56.8 Å². The molecule has 0 aliphatic rings. The summed E-state index contributed by atoms with van der Waals surface area (Å²) in [5.74, 6) is 1.05. The number of ether oxygens (including phenoxy) is 1. The van der Waals surface area contributed by atoms with E-state index in [1.165, 1.54) is 5.56 Å². The lowest BCUT2D eigenvalue weighted by Crippen LogP contribution is -2.05. The van der Waals surface area contributed by atoms with Crippen molar-refractivity contribution in [3.63, 3.8) is 0 Å². The average molecular weight is 304 g/mol. The van der Waals surface area contributed by atoms with E-state index >= 15 is 0 Å². The molecule has 0 radical (unpaired) electrons. The molecular weight excluding hydrogens is 284 g/mol. The van der Waals surface area contributed by atoms with Gasteiger partial charge in [0.25, 0.3) is 0 Å². The molecular formula is C20H20N2O. The van der Waals surface area contributed by atoms with Crippen molar-refractivity contribution in [3.05, 3.63) is 65.2 Å². The van der Waals surface area contributed by atoms with Crippen molar-refractivity contribution in [1.82, 2.24) is 0 Å². The lowest BCUT2D eigenvalue weighted by atomic mass is 9.96. The van der Waals surface area contributed by atoms with E-state index in [1.807, 2.05) is 24.3 Å². The van der Waals surface area contributed by atoms with Crippen LogP contribution in [0.15, 0.2) is 48.5 Å². The largest absolute Gasteiger partial charge is 0.494 e. The Hall–Kier alpha value is -2.78. The highest BCUT2D eigenvalue weighted by Gasteiger charge is 2.11. The Balaban J connectivity index is 1.93. The van der Waals surface area contributed by atoms with E-state index in [0.717, 1.165) is 11.3 Å². The zero-order valence-corrected chi connectivity index (χ0v) is 13.5. The number of rotatable bonds is 6. The molecule has 0 saturated carbocycles. The van der Waals surface area contributed by atoms with E-state index in [0.29, 0.717) is 24.5 Å². The Morgan fingerprint density at radius 1 is 1.00 bits per heavy atom. The van der Waals surface area contributed by atoms with Crippen molar-refractivity contribution < 1.29 is 4.74 Å². The Morgan fingerprint density at radius 2 is 1.74 bits per heavy atom. The number of nitriles is 2. The Kier molecular flexibility index (Phi) is 5.78. The highest BCUT2D eigenvalue weighted by molar-refractivity contribution is 5.36. The van der Waals surface area contributed by atoms with Crippen LogP contribution >= 0.6 is 0 Å². The number of nitrogens with zero attached hydrogens (tertiary/aromatic N) is 2. The van der Waals surface area contributed by atoms with Crippen molar-refractivity contribution in [1.29, 1.82) is 10.5 Å². The third-order valence-electron chi connectivity index (χ3n) is 3.80. The summed E-state index contributed by atoms with van der Waals surface area (Å²) in [6, 6.07) is 19.7. The first-order valence-electron chi connectivity index (χ1n) is 7.76. The zero-order valence-electron chi connectivity index (χ0n) is 13.5. The minimum Gasteiger partial charge on any atom is -0.494 e. The van der Waals surface area contributed by atoms with Crippen LogP contribution in [-0.4, -0.2) is 6.61 Å². The standard InChI is InChI=1S/C20H20N2O/c1-15(2)17-6-8-20(9-7-17)23-11-10-19(14-22)18-5-3-4-16(12-18)13-21/h3-9,12,15,19H,10-11H2,1-2H3. The molecule has 3 nitrogen and oxygen atoms in total. The first-order chi connectivity index (χ1) is 11.1. The lowest BCUT2D eigenvalue weighted by molar-refractivity contribution is 0.306. The minimum atomic E-state index is -0.266. The van der Waals surface area contributed by atoms with E-state index in [-0.39, 0.29) is 5.92 Å². The van der Waals surface area contributed by atoms with Crippen LogP contribution in [0.1, 0.15) is 48.8 Å². The van der Waals surface area contributed by atoms with E-state index in [9.17, 15) is 5.26 Å². The van der Waals surface area contributed by atoms with Crippen LogP contribution in [-0.2, 0) is 0 Å². The molecule has 3 heteroatoms. The van der Waals surface area contributed by atoms with E-state index in [4.69, 9.17) is 10.00 Å². The van der Waals surface area contributed by atoms with Crippen molar-refractivity contribution in [2.45, 2.75) is 32.1 Å². The lowest BCUT2D eigenvalue weighted by Gasteiger charge is -2.12. The summed E-state index contributed by atoms with van der Waals surface area (Å²) in [6.45, 7) is 4.78. The van der Waals surface area contributed by atoms with E-state index in [1.54, 1.807) is 12.1 Å². The van der Waals surface area contributed by atoms with Crippen LogP contribution in [0.5, 0.6) is 5.75 Å². The van der Waals surface area contributed by atoms with Gasteiger partial charge in [-0.2, -0.15) is 10.5 Å². The van der Waals surface area contributed by atoms with E-state index < -0.39 is 0 Å². The summed E-state index contributed by atoms with van der Waals surface area (Å²) in [7, 11) is 0. The molecule has 0 spiro atoms. The first kappa shape index (κ1) is 16.6. The molecule has 0 bridgehead atoms. The molecule has 23 heavy (non-hydrogen) atoms. The van der Waals surface area contributed by atoms with Gasteiger partial charge in [-0.3, -0.25) is 0 Å². The summed E-state index contributed by atoms with van der Waals surface area (Å²) in [5.41, 5.74) is 2.72. The predicted octanol–water partition coefficient (Wildman–Crippen LogP) is 4.76. The van der Waals surface area contributed by atoms with Gasteiger partial charge in [0.05, 0.1) is 30.2 Å². The molecule has 2 aromatic rings. The highest BCUT2D eigenvalue weighted by atomic mass is 16.5. The van der Waals surface area contributed by atoms with Gasteiger partial charge in [0.15, 0.2) is 0 Å². The fourth-order valence-corrected chi connectivity index (χ4v) is 2.37. The molecule has 1 atom stereocenters. The maximum absolute atomic E-state index is 9.35. The zero-order chi connectivity index (χ0) is 16.7. The van der Waals surface area contributed by atoms with Gasteiger partial charge < -0.3 is 4.74 Å². The molecule has 0 amide bonds. The Bertz CT molecular complexity index is 721. The van der Waals surface area contributed by atoms with Crippen molar-refractivity contribution in [2.24, 2.45) is 0 Å². The molecule has 0 aliphatic carbocycles. The van der Waals surface area contributed by atoms with Crippen LogP contribution in [0.2, 0.25) is 0 Å². The third kappa shape index (κ3) is 4.59. The normalized spacial score (nSPS) is 11.5. The molecule has 0 aliphatic heterocycles. The smallest absolute Gasteiger partial charge is 0.119 e. The molecule has 0 saturated heterocycles. The summed E-state index contributed by atoms with van der Waals surface area (Å²) >= 11 is 0. The van der Waals surface area contributed by atoms with Gasteiger partial charge in [0, 0.05) is 6.42 Å². The van der Waals surface area contributed by atoms with Gasteiger partial charge in [-0.15, -0.1) is 0 Å².